The molecule has 0 bridgehead atoms. The number of hydrogen-bond acceptors (Lipinski definition) is 7. The quantitative estimate of drug-likeness (QED) is 0.196. The van der Waals surface area contributed by atoms with E-state index in [2.05, 4.69) is 0 Å². The van der Waals surface area contributed by atoms with Gasteiger partial charge in [-0.1, -0.05) is 29.5 Å². The Hall–Kier alpha value is -4.17. The Balaban J connectivity index is 1.54. The fraction of sp³-hybridized carbons (Fsp3) is 0.233. The molecule has 0 unspecified atom stereocenters. The molecule has 6 rings (SSSR count). The molecule has 1 fully saturated rings. The molecule has 2 aliphatic heterocycles. The summed E-state index contributed by atoms with van der Waals surface area (Å²) in [4.78, 5) is 33.2. The summed E-state index contributed by atoms with van der Waals surface area (Å²) in [7, 11) is 0. The number of nitrogens with zero attached hydrogens (tertiary/aromatic N) is 2. The van der Waals surface area contributed by atoms with Crippen molar-refractivity contribution < 1.29 is 24.2 Å². The molecule has 8 heteroatoms. The van der Waals surface area contributed by atoms with Crippen LogP contribution < -0.4 is 14.4 Å². The second-order valence-electron chi connectivity index (χ2n) is 9.60. The van der Waals surface area contributed by atoms with Gasteiger partial charge in [0.2, 0.25) is 0 Å². The van der Waals surface area contributed by atoms with E-state index in [9.17, 15) is 14.7 Å². The maximum absolute atomic E-state index is 13.6. The Bertz CT molecular complexity index is 1640. The zero-order chi connectivity index (χ0) is 26.6. The number of rotatable bonds is 5. The van der Waals surface area contributed by atoms with Crippen molar-refractivity contribution in [2.45, 2.75) is 39.3 Å². The van der Waals surface area contributed by atoms with Gasteiger partial charge in [0, 0.05) is 12.0 Å². The molecule has 0 aliphatic carbocycles. The average Bonchev–Trinajstić information content (AvgIpc) is 3.56. The van der Waals surface area contributed by atoms with Crippen LogP contribution in [0.1, 0.15) is 42.1 Å². The first kappa shape index (κ1) is 24.2. The zero-order valence-corrected chi connectivity index (χ0v) is 22.0. The maximum atomic E-state index is 13.6. The Morgan fingerprint density at radius 3 is 2.82 bits per heavy atom. The highest BCUT2D eigenvalue weighted by Gasteiger charge is 2.48. The van der Waals surface area contributed by atoms with E-state index in [0.29, 0.717) is 35.0 Å². The molecule has 0 spiro atoms. The van der Waals surface area contributed by atoms with Crippen molar-refractivity contribution in [1.82, 2.24) is 4.98 Å². The molecule has 1 aromatic heterocycles. The highest BCUT2D eigenvalue weighted by atomic mass is 32.1. The van der Waals surface area contributed by atoms with Crippen LogP contribution >= 0.6 is 11.3 Å². The molecule has 0 radical (unpaired) electrons. The minimum atomic E-state index is -0.875. The van der Waals surface area contributed by atoms with Crippen LogP contribution in [-0.2, 0) is 16.0 Å². The van der Waals surface area contributed by atoms with Gasteiger partial charge in [-0.25, -0.2) is 4.98 Å². The fourth-order valence-corrected chi connectivity index (χ4v) is 6.22. The third-order valence-electron chi connectivity index (χ3n) is 6.84. The summed E-state index contributed by atoms with van der Waals surface area (Å²) in [5, 5.41) is 11.9. The van der Waals surface area contributed by atoms with Gasteiger partial charge in [-0.2, -0.15) is 0 Å². The van der Waals surface area contributed by atoms with Gasteiger partial charge in [-0.05, 0) is 79.9 Å². The number of aliphatic hydroxyl groups is 1. The van der Waals surface area contributed by atoms with E-state index in [1.54, 1.807) is 18.2 Å². The van der Waals surface area contributed by atoms with Crippen LogP contribution in [0.25, 0.3) is 16.0 Å². The molecule has 192 valence electrons. The lowest BCUT2D eigenvalue weighted by Gasteiger charge is -2.23. The predicted octanol–water partition coefficient (Wildman–Crippen LogP) is 5.95. The van der Waals surface area contributed by atoms with Gasteiger partial charge >= 0.3 is 5.91 Å². The van der Waals surface area contributed by atoms with E-state index in [-0.39, 0.29) is 17.4 Å². The van der Waals surface area contributed by atoms with Gasteiger partial charge in [0.25, 0.3) is 5.78 Å². The number of ketones is 1. The SMILES string of the molecule is CCOc1cccc([C@H]2/C(=C(\O)c3ccc4c(c3)C[C@H](C)O4)C(=O)C(=O)N2c2nc3ccc(C)cc3s2)c1. The molecule has 3 aromatic carbocycles. The van der Waals surface area contributed by atoms with E-state index in [1.165, 1.54) is 16.2 Å². The fourth-order valence-electron chi connectivity index (χ4n) is 5.13. The lowest BCUT2D eigenvalue weighted by Crippen LogP contribution is -2.29. The number of ether oxygens (including phenoxy) is 2. The topological polar surface area (TPSA) is 89.0 Å². The molecule has 1 amide bonds. The maximum Gasteiger partial charge on any atom is 0.301 e. The Kier molecular flexibility index (Phi) is 5.91. The average molecular weight is 527 g/mol. The molecule has 4 aromatic rings. The number of aromatic nitrogens is 1. The van der Waals surface area contributed by atoms with E-state index >= 15 is 0 Å². The molecule has 1 saturated heterocycles. The smallest absolute Gasteiger partial charge is 0.301 e. The molecule has 38 heavy (non-hydrogen) atoms. The summed E-state index contributed by atoms with van der Waals surface area (Å²) < 4.78 is 12.4. The van der Waals surface area contributed by atoms with Gasteiger partial charge in [0.15, 0.2) is 5.13 Å². The second kappa shape index (κ2) is 9.29. The highest BCUT2D eigenvalue weighted by molar-refractivity contribution is 7.22. The number of aryl methyl sites for hydroxylation is 1. The number of hydrogen-bond donors (Lipinski definition) is 1. The van der Waals surface area contributed by atoms with Crippen LogP contribution in [0.5, 0.6) is 11.5 Å². The molecular weight excluding hydrogens is 500 g/mol. The molecule has 0 saturated carbocycles. The molecule has 7 nitrogen and oxygen atoms in total. The van der Waals surface area contributed by atoms with E-state index in [0.717, 1.165) is 27.1 Å². The normalized spacial score (nSPS) is 20.1. The first-order chi connectivity index (χ1) is 18.3. The minimum absolute atomic E-state index is 0.0194. The first-order valence-corrected chi connectivity index (χ1v) is 13.4. The van der Waals surface area contributed by atoms with Gasteiger partial charge in [0.05, 0.1) is 28.4 Å². The number of benzene rings is 3. The Morgan fingerprint density at radius 1 is 1.16 bits per heavy atom. The third kappa shape index (κ3) is 4.01. The number of aliphatic hydroxyl groups excluding tert-OH is 1. The van der Waals surface area contributed by atoms with Crippen molar-refractivity contribution in [1.29, 1.82) is 0 Å². The number of thiazole rings is 1. The van der Waals surface area contributed by atoms with E-state index in [4.69, 9.17) is 14.5 Å². The summed E-state index contributed by atoms with van der Waals surface area (Å²) >= 11 is 1.34. The van der Waals surface area contributed by atoms with Crippen molar-refractivity contribution in [2.75, 3.05) is 11.5 Å². The zero-order valence-electron chi connectivity index (χ0n) is 21.2. The number of fused-ring (bicyclic) bond motifs is 2. The summed E-state index contributed by atoms with van der Waals surface area (Å²) in [5.74, 6) is -0.335. The molecule has 1 N–H and O–H groups in total. The third-order valence-corrected chi connectivity index (χ3v) is 7.85. The standard InChI is InChI=1S/C30H26N2O5S/c1-4-36-21-7-5-6-18(15-21)26-25(27(33)19-9-11-23-20(14-19)13-17(3)37-23)28(34)29(35)32(26)30-31-22-10-8-16(2)12-24(22)38-30/h5-12,14-15,17,26,33H,4,13H2,1-3H3/b27-25+/t17-,26-/m0/s1. The lowest BCUT2D eigenvalue weighted by atomic mass is 9.94. The monoisotopic (exact) mass is 526 g/mol. The van der Waals surface area contributed by atoms with E-state index < -0.39 is 17.7 Å². The predicted molar refractivity (Wildman–Crippen MR) is 147 cm³/mol. The van der Waals surface area contributed by atoms with Gasteiger partial charge in [-0.3, -0.25) is 14.5 Å². The van der Waals surface area contributed by atoms with Crippen molar-refractivity contribution in [2.24, 2.45) is 0 Å². The number of Topliss-reactive ketones (excluding diaryl/α,β-unsaturated/α-hetero) is 1. The molecule has 2 aliphatic rings. The van der Waals surface area contributed by atoms with Crippen LogP contribution in [0.3, 0.4) is 0 Å². The van der Waals surface area contributed by atoms with E-state index in [1.807, 2.05) is 63.2 Å². The van der Waals surface area contributed by atoms with Crippen molar-refractivity contribution in [3.05, 3.63) is 88.5 Å². The van der Waals surface area contributed by atoms with Crippen LogP contribution in [0.2, 0.25) is 0 Å². The minimum Gasteiger partial charge on any atom is -0.507 e. The van der Waals surface area contributed by atoms with Crippen LogP contribution in [-0.4, -0.2) is 34.5 Å². The van der Waals surface area contributed by atoms with Crippen molar-refractivity contribution in [3.8, 4) is 11.5 Å². The highest BCUT2D eigenvalue weighted by Crippen LogP contribution is 2.45. The van der Waals surface area contributed by atoms with Gasteiger partial charge in [-0.15, -0.1) is 0 Å². The largest absolute Gasteiger partial charge is 0.507 e. The second-order valence-corrected chi connectivity index (χ2v) is 10.6. The summed E-state index contributed by atoms with van der Waals surface area (Å²) in [6.45, 7) is 6.33. The van der Waals surface area contributed by atoms with Crippen LogP contribution in [0, 0.1) is 6.92 Å². The number of carbonyl (C=O) groups is 2. The van der Waals surface area contributed by atoms with Gasteiger partial charge in [0.1, 0.15) is 23.4 Å². The molecular formula is C30H26N2O5S. The number of carbonyl (C=O) groups excluding carboxylic acids is 2. The summed E-state index contributed by atoms with van der Waals surface area (Å²) in [5.41, 5.74) is 3.89. The Morgan fingerprint density at radius 2 is 2.00 bits per heavy atom. The first-order valence-electron chi connectivity index (χ1n) is 12.5. The number of amides is 1. The summed E-state index contributed by atoms with van der Waals surface area (Å²) in [6, 6.07) is 17.6. The van der Waals surface area contributed by atoms with Crippen molar-refractivity contribution in [3.63, 3.8) is 0 Å². The number of anilines is 1. The molecule has 3 heterocycles. The van der Waals surface area contributed by atoms with Gasteiger partial charge < -0.3 is 14.6 Å². The Labute approximate surface area is 224 Å². The summed E-state index contributed by atoms with van der Waals surface area (Å²) in [6.07, 6.45) is 0.743. The molecule has 2 atom stereocenters. The van der Waals surface area contributed by atoms with Crippen molar-refractivity contribution >= 4 is 44.1 Å². The van der Waals surface area contributed by atoms with Crippen LogP contribution in [0.15, 0.2) is 66.2 Å². The van der Waals surface area contributed by atoms with Crippen LogP contribution in [0.4, 0.5) is 5.13 Å². The lowest BCUT2D eigenvalue weighted by molar-refractivity contribution is -0.132.